The van der Waals surface area contributed by atoms with Gasteiger partial charge in [-0.3, -0.25) is 4.79 Å². The summed E-state index contributed by atoms with van der Waals surface area (Å²) in [6.07, 6.45) is 2.22. The number of hydrogen-bond donors (Lipinski definition) is 0. The highest BCUT2D eigenvalue weighted by molar-refractivity contribution is 6.07. The van der Waals surface area contributed by atoms with Gasteiger partial charge in [0.15, 0.2) is 0 Å². The Hall–Kier alpha value is -2.69. The zero-order chi connectivity index (χ0) is 18.3. The quantitative estimate of drug-likeness (QED) is 0.835. The molecule has 0 saturated carbocycles. The summed E-state index contributed by atoms with van der Waals surface area (Å²) in [5.41, 5.74) is 4.13. The first-order chi connectivity index (χ1) is 12.6. The normalized spacial score (nSPS) is 21.0. The number of nitrogens with zero attached hydrogens (tertiary/aromatic N) is 2. The number of methoxy groups -OCH3 is 1. The zero-order valence-electron chi connectivity index (χ0n) is 14.9. The van der Waals surface area contributed by atoms with Crippen molar-refractivity contribution in [2.24, 2.45) is 11.0 Å². The van der Waals surface area contributed by atoms with Gasteiger partial charge in [0, 0.05) is 17.9 Å². The van der Waals surface area contributed by atoms with Crippen LogP contribution in [0.4, 0.5) is 4.39 Å². The van der Waals surface area contributed by atoms with Gasteiger partial charge in [-0.15, -0.1) is 0 Å². The van der Waals surface area contributed by atoms with Crippen molar-refractivity contribution in [1.82, 2.24) is 5.01 Å². The van der Waals surface area contributed by atoms with Crippen LogP contribution in [0.2, 0.25) is 0 Å². The molecule has 4 rings (SSSR count). The predicted octanol–water partition coefficient (Wildman–Crippen LogP) is 4.09. The number of rotatable bonds is 3. The van der Waals surface area contributed by atoms with Gasteiger partial charge in [-0.2, -0.15) is 5.10 Å². The van der Waals surface area contributed by atoms with E-state index < -0.39 is 0 Å². The molecule has 1 heterocycles. The van der Waals surface area contributed by atoms with Gasteiger partial charge >= 0.3 is 0 Å². The zero-order valence-corrected chi connectivity index (χ0v) is 14.9. The molecule has 2 aliphatic rings. The molecular formula is C21H21FN2O2. The molecular weight excluding hydrogens is 331 g/mol. The van der Waals surface area contributed by atoms with Gasteiger partial charge in [0.05, 0.1) is 18.9 Å². The lowest BCUT2D eigenvalue weighted by molar-refractivity contribution is -0.133. The van der Waals surface area contributed by atoms with E-state index >= 15 is 0 Å². The molecule has 5 heteroatoms. The summed E-state index contributed by atoms with van der Waals surface area (Å²) >= 11 is 0. The van der Waals surface area contributed by atoms with Crippen molar-refractivity contribution in [2.75, 3.05) is 7.11 Å². The lowest BCUT2D eigenvalue weighted by atomic mass is 9.77. The molecule has 0 saturated heterocycles. The van der Waals surface area contributed by atoms with E-state index in [1.54, 1.807) is 24.3 Å². The molecule has 0 spiro atoms. The molecule has 2 aromatic carbocycles. The van der Waals surface area contributed by atoms with Crippen molar-refractivity contribution in [3.63, 3.8) is 0 Å². The minimum Gasteiger partial charge on any atom is -0.497 e. The third kappa shape index (κ3) is 2.68. The molecule has 2 aromatic rings. The number of benzene rings is 2. The van der Waals surface area contributed by atoms with Crippen molar-refractivity contribution in [2.45, 2.75) is 32.2 Å². The van der Waals surface area contributed by atoms with Gasteiger partial charge in [-0.25, -0.2) is 9.40 Å². The molecule has 1 aliphatic carbocycles. The average molecular weight is 352 g/mol. The number of halogens is 1. The predicted molar refractivity (Wildman–Crippen MR) is 97.6 cm³/mol. The Bertz CT molecular complexity index is 876. The Balaban J connectivity index is 1.80. The summed E-state index contributed by atoms with van der Waals surface area (Å²) in [6, 6.07) is 12.3. The highest BCUT2D eigenvalue weighted by Gasteiger charge is 2.43. The maximum atomic E-state index is 13.4. The van der Waals surface area contributed by atoms with E-state index in [1.807, 2.05) is 19.1 Å². The van der Waals surface area contributed by atoms with Crippen LogP contribution in [0.15, 0.2) is 47.6 Å². The number of fused-ring (bicyclic) bond motifs is 3. The first-order valence-corrected chi connectivity index (χ1v) is 8.95. The molecule has 26 heavy (non-hydrogen) atoms. The molecule has 1 aliphatic heterocycles. The van der Waals surface area contributed by atoms with Crippen molar-refractivity contribution in [3.8, 4) is 5.75 Å². The van der Waals surface area contributed by atoms with E-state index in [-0.39, 0.29) is 23.7 Å². The molecule has 0 N–H and O–H groups in total. The van der Waals surface area contributed by atoms with E-state index in [0.29, 0.717) is 6.42 Å². The van der Waals surface area contributed by atoms with E-state index in [4.69, 9.17) is 9.84 Å². The fraction of sp³-hybridized carbons (Fsp3) is 0.333. The largest absolute Gasteiger partial charge is 0.497 e. The lowest BCUT2D eigenvalue weighted by Gasteiger charge is -2.29. The summed E-state index contributed by atoms with van der Waals surface area (Å²) < 4.78 is 18.8. The fourth-order valence-corrected chi connectivity index (χ4v) is 3.98. The number of hydrogen-bond acceptors (Lipinski definition) is 3. The maximum absolute atomic E-state index is 13.4. The standard InChI is InChI=1S/C21H21FN2O2/c1-3-19(25)24-21(14-4-8-15(22)9-5-14)17-11-7-13-6-10-16(26-2)12-18(13)20(17)23-24/h4-6,8-10,12,17,21H,3,7,11H2,1-2H3/t17-,21+/m1/s1. The molecule has 0 fully saturated rings. The van der Waals surface area contributed by atoms with Crippen LogP contribution in [-0.2, 0) is 11.2 Å². The molecule has 0 aromatic heterocycles. The molecule has 1 amide bonds. The lowest BCUT2D eigenvalue weighted by Crippen LogP contribution is -2.31. The molecule has 0 bridgehead atoms. The van der Waals surface area contributed by atoms with Crippen LogP contribution in [0.1, 0.15) is 42.5 Å². The SMILES string of the molecule is CCC(=O)N1N=C2c3cc(OC)ccc3CC[C@H]2[C@@H]1c1ccc(F)cc1. The van der Waals surface area contributed by atoms with Crippen molar-refractivity contribution in [1.29, 1.82) is 0 Å². The minimum absolute atomic E-state index is 0.0225. The summed E-state index contributed by atoms with van der Waals surface area (Å²) in [5.74, 6) is 0.590. The number of hydrazone groups is 1. The van der Waals surface area contributed by atoms with Crippen molar-refractivity contribution >= 4 is 11.6 Å². The Morgan fingerprint density at radius 1 is 1.27 bits per heavy atom. The van der Waals surface area contributed by atoms with Crippen LogP contribution in [0.3, 0.4) is 0 Å². The van der Waals surface area contributed by atoms with Gasteiger partial charge in [0.25, 0.3) is 0 Å². The smallest absolute Gasteiger partial charge is 0.242 e. The number of carbonyl (C=O) groups is 1. The van der Waals surface area contributed by atoms with Gasteiger partial charge < -0.3 is 4.74 Å². The van der Waals surface area contributed by atoms with Gasteiger partial charge in [0.2, 0.25) is 5.91 Å². The first-order valence-electron chi connectivity index (χ1n) is 8.95. The highest BCUT2D eigenvalue weighted by atomic mass is 19.1. The van der Waals surface area contributed by atoms with Crippen molar-refractivity contribution < 1.29 is 13.9 Å². The highest BCUT2D eigenvalue weighted by Crippen LogP contribution is 2.44. The number of carbonyl (C=O) groups excluding carboxylic acids is 1. The Morgan fingerprint density at radius 2 is 2.04 bits per heavy atom. The monoisotopic (exact) mass is 352 g/mol. The summed E-state index contributed by atoms with van der Waals surface area (Å²) in [5, 5.41) is 6.33. The van der Waals surface area contributed by atoms with E-state index in [9.17, 15) is 9.18 Å². The first kappa shape index (κ1) is 16.8. The minimum atomic E-state index is -0.278. The molecule has 0 radical (unpaired) electrons. The maximum Gasteiger partial charge on any atom is 0.242 e. The van der Waals surface area contributed by atoms with Crippen LogP contribution in [0, 0.1) is 11.7 Å². The van der Waals surface area contributed by atoms with Crippen molar-refractivity contribution in [3.05, 3.63) is 65.0 Å². The Labute approximate surface area is 152 Å². The van der Waals surface area contributed by atoms with E-state index in [0.717, 1.165) is 35.4 Å². The second kappa shape index (κ2) is 6.56. The average Bonchev–Trinajstić information content (AvgIpc) is 3.07. The number of aryl methyl sites for hydroxylation is 1. The second-order valence-electron chi connectivity index (χ2n) is 6.74. The summed E-state index contributed by atoms with van der Waals surface area (Å²) in [6.45, 7) is 1.84. The van der Waals surface area contributed by atoms with Gasteiger partial charge in [-0.1, -0.05) is 25.1 Å². The fourth-order valence-electron chi connectivity index (χ4n) is 3.98. The Morgan fingerprint density at radius 3 is 2.73 bits per heavy atom. The number of amides is 1. The van der Waals surface area contributed by atoms with E-state index in [1.165, 1.54) is 17.7 Å². The van der Waals surface area contributed by atoms with Crippen LogP contribution in [0.5, 0.6) is 5.75 Å². The van der Waals surface area contributed by atoms with Gasteiger partial charge in [-0.05, 0) is 48.2 Å². The second-order valence-corrected chi connectivity index (χ2v) is 6.74. The van der Waals surface area contributed by atoms with Crippen LogP contribution in [0.25, 0.3) is 0 Å². The molecule has 134 valence electrons. The van der Waals surface area contributed by atoms with E-state index in [2.05, 4.69) is 6.07 Å². The molecule has 0 unspecified atom stereocenters. The van der Waals surface area contributed by atoms with Crippen LogP contribution in [-0.4, -0.2) is 23.7 Å². The molecule has 4 nitrogen and oxygen atoms in total. The third-order valence-corrected chi connectivity index (χ3v) is 5.30. The van der Waals surface area contributed by atoms with Crippen LogP contribution >= 0.6 is 0 Å². The third-order valence-electron chi connectivity index (χ3n) is 5.30. The number of ether oxygens (including phenoxy) is 1. The topological polar surface area (TPSA) is 41.9 Å². The van der Waals surface area contributed by atoms with Gasteiger partial charge in [0.1, 0.15) is 11.6 Å². The summed E-state index contributed by atoms with van der Waals surface area (Å²) in [7, 11) is 1.65. The summed E-state index contributed by atoms with van der Waals surface area (Å²) in [4.78, 5) is 12.6. The molecule has 2 atom stereocenters. The van der Waals surface area contributed by atoms with Crippen LogP contribution < -0.4 is 4.74 Å². The Kier molecular flexibility index (Phi) is 4.23.